The van der Waals surface area contributed by atoms with Crippen LogP contribution in [0.15, 0.2) is 59.3 Å². The quantitative estimate of drug-likeness (QED) is 0.0677. The molecule has 5 N–H and O–H groups in total. The van der Waals surface area contributed by atoms with Crippen molar-refractivity contribution in [2.45, 2.75) is 104 Å². The number of phenolic OH excluding ortho intramolecular Hbond substituents is 1. The second-order valence-corrected chi connectivity index (χ2v) is 13.1. The van der Waals surface area contributed by atoms with E-state index in [0.29, 0.717) is 29.6 Å². The third-order valence-corrected chi connectivity index (χ3v) is 9.42. The van der Waals surface area contributed by atoms with Crippen LogP contribution in [0.4, 0.5) is 10.1 Å². The van der Waals surface area contributed by atoms with E-state index in [9.17, 15) is 5.11 Å². The molecule has 2 heterocycles. The number of amidine groups is 1. The lowest BCUT2D eigenvalue weighted by molar-refractivity contribution is 0.293. The number of fused-ring (bicyclic) bond motifs is 2. The molecule has 5 rings (SSSR count). The second kappa shape index (κ2) is 23.6. The molecule has 3 aliphatic rings. The van der Waals surface area contributed by atoms with Crippen LogP contribution in [-0.4, -0.2) is 74.4 Å². The molecule has 2 atom stereocenters. The molecule has 0 bridgehead atoms. The molecule has 8 nitrogen and oxygen atoms in total. The third-order valence-electron chi connectivity index (χ3n) is 9.42. The number of aromatic nitrogens is 1. The zero-order valence-corrected chi connectivity index (χ0v) is 32.5. The molecule has 1 saturated heterocycles. The zero-order valence-electron chi connectivity index (χ0n) is 32.5. The van der Waals surface area contributed by atoms with Crippen molar-refractivity contribution in [2.75, 3.05) is 40.8 Å². The molecule has 1 aromatic heterocycles. The molecule has 0 saturated carbocycles. The average Bonchev–Trinajstić information content (AvgIpc) is 3.94. The highest BCUT2D eigenvalue weighted by Gasteiger charge is 2.34. The Bertz CT molecular complexity index is 1470. The van der Waals surface area contributed by atoms with Crippen molar-refractivity contribution in [3.63, 3.8) is 0 Å². The van der Waals surface area contributed by atoms with Gasteiger partial charge in [-0.1, -0.05) is 64.7 Å². The van der Waals surface area contributed by atoms with Gasteiger partial charge in [0.15, 0.2) is 5.82 Å². The van der Waals surface area contributed by atoms with Gasteiger partial charge in [0.25, 0.3) is 0 Å². The predicted molar refractivity (Wildman–Crippen MR) is 218 cm³/mol. The van der Waals surface area contributed by atoms with Gasteiger partial charge >= 0.3 is 0 Å². The van der Waals surface area contributed by atoms with E-state index in [1.807, 2.05) is 41.1 Å². The number of benzene rings is 1. The molecule has 2 aromatic rings. The van der Waals surface area contributed by atoms with Crippen molar-refractivity contribution in [1.29, 1.82) is 0 Å². The second-order valence-electron chi connectivity index (χ2n) is 13.1. The van der Waals surface area contributed by atoms with Gasteiger partial charge in [-0.15, -0.1) is 6.58 Å². The van der Waals surface area contributed by atoms with Crippen molar-refractivity contribution in [2.24, 2.45) is 21.6 Å². The first kappa shape index (κ1) is 43.3. The summed E-state index contributed by atoms with van der Waals surface area (Å²) in [6.45, 7) is 19.5. The standard InChI is InChI=1S/C36H48FN5O.C2H7N.C2H5N.C2H6/c1-5-7-8-9-13-27(38-3)14-10-17-40-36(42-18-11-12-24(6-2)23-42)31-22-41-35(33(37)34(31)39-4)30-21-28(43)19-26-16-15-25-20-29(25)32(26)30;1-3-2;1-2-3;1-2/h6,19,21-22,24,27,38,43H,2,4-5,7-18,20,23H2,1,3H3;3H,1-2H3;2H,1,3H2;1-2H3. The summed E-state index contributed by atoms with van der Waals surface area (Å²) in [4.78, 5) is 16.3. The van der Waals surface area contributed by atoms with Crippen molar-refractivity contribution in [1.82, 2.24) is 20.5 Å². The number of hydrogen-bond donors (Lipinski definition) is 4. The topological polar surface area (TPSA) is 111 Å². The van der Waals surface area contributed by atoms with Crippen molar-refractivity contribution < 1.29 is 9.50 Å². The molecule has 2 unspecified atom stereocenters. The highest BCUT2D eigenvalue weighted by Crippen LogP contribution is 2.52. The van der Waals surface area contributed by atoms with Gasteiger partial charge in [0.2, 0.25) is 0 Å². The first-order chi connectivity index (χ1) is 24.8. The van der Waals surface area contributed by atoms with E-state index >= 15 is 4.39 Å². The van der Waals surface area contributed by atoms with Crippen LogP contribution in [0.5, 0.6) is 5.75 Å². The average molecular weight is 704 g/mol. The molecule has 9 heteroatoms. The number of aryl methyl sites for hydroxylation is 1. The van der Waals surface area contributed by atoms with Crippen LogP contribution in [0.3, 0.4) is 0 Å². The summed E-state index contributed by atoms with van der Waals surface area (Å²) in [5, 5.41) is 16.7. The van der Waals surface area contributed by atoms with Crippen LogP contribution in [0, 0.1) is 11.7 Å². The van der Waals surface area contributed by atoms with Crippen molar-refractivity contribution in [3.05, 3.63) is 71.8 Å². The summed E-state index contributed by atoms with van der Waals surface area (Å²) >= 11 is 0. The first-order valence-corrected chi connectivity index (χ1v) is 19.0. The number of pyridine rings is 1. The number of halogens is 1. The molecule has 1 fully saturated rings. The largest absolute Gasteiger partial charge is 0.508 e. The number of aromatic hydroxyl groups is 1. The number of piperidine rings is 1. The molecular formula is C42H66FN7O. The smallest absolute Gasteiger partial charge is 0.175 e. The summed E-state index contributed by atoms with van der Waals surface area (Å²) in [6.07, 6.45) is 18.2. The number of unbranched alkanes of at least 4 members (excludes halogenated alkanes) is 3. The van der Waals surface area contributed by atoms with Crippen LogP contribution in [0.2, 0.25) is 0 Å². The number of likely N-dealkylation sites (tertiary alicyclic amines) is 1. The van der Waals surface area contributed by atoms with E-state index in [4.69, 9.17) is 9.98 Å². The Balaban J connectivity index is 0.00000104. The number of nitrogens with zero attached hydrogens (tertiary/aromatic N) is 4. The van der Waals surface area contributed by atoms with Gasteiger partial charge in [-0.25, -0.2) is 4.39 Å². The Morgan fingerprint density at radius 1 is 1.14 bits per heavy atom. The number of nitrogens with two attached hydrogens (primary N) is 1. The fourth-order valence-electron chi connectivity index (χ4n) is 6.89. The Labute approximate surface area is 308 Å². The highest BCUT2D eigenvalue weighted by atomic mass is 19.1. The zero-order chi connectivity index (χ0) is 37.8. The number of hydrogen-bond acceptors (Lipinski definition) is 7. The monoisotopic (exact) mass is 704 g/mol. The molecule has 2 aliphatic carbocycles. The SMILES string of the molecule is C=CC1CCCN(C(=NCCCC(CCCCCC)NC)c2cnc(-c3cc(O)cc4c3C3=C(CC4)C3)c(F)c2N=C)C1.C=CN.CC.CNC. The molecular weight excluding hydrogens is 638 g/mol. The Hall–Kier alpha value is -3.82. The highest BCUT2D eigenvalue weighted by molar-refractivity contribution is 6.04. The van der Waals surface area contributed by atoms with Crippen LogP contribution in [0.25, 0.3) is 16.8 Å². The number of phenols is 1. The lowest BCUT2D eigenvalue weighted by atomic mass is 9.90. The van der Waals surface area contributed by atoms with Gasteiger partial charge in [0, 0.05) is 37.4 Å². The van der Waals surface area contributed by atoms with Crippen LogP contribution in [-0.2, 0) is 6.42 Å². The van der Waals surface area contributed by atoms with Crippen LogP contribution in [0.1, 0.15) is 108 Å². The van der Waals surface area contributed by atoms with E-state index in [-0.39, 0.29) is 17.1 Å². The fraction of sp³-hybridized carbons (Fsp3) is 0.548. The van der Waals surface area contributed by atoms with E-state index in [2.05, 4.69) is 53.1 Å². The molecule has 1 aliphatic heterocycles. The maximum Gasteiger partial charge on any atom is 0.175 e. The lowest BCUT2D eigenvalue weighted by Crippen LogP contribution is -2.40. The summed E-state index contributed by atoms with van der Waals surface area (Å²) < 4.78 is 16.5. The number of aliphatic imine (C=N–C) groups is 2. The fourth-order valence-corrected chi connectivity index (χ4v) is 6.89. The van der Waals surface area contributed by atoms with Gasteiger partial charge in [-0.2, -0.15) is 0 Å². The van der Waals surface area contributed by atoms with E-state index in [0.717, 1.165) is 75.0 Å². The minimum absolute atomic E-state index is 0.133. The molecule has 282 valence electrons. The number of allylic oxidation sites excluding steroid dienone is 2. The van der Waals surface area contributed by atoms with Gasteiger partial charge in [0.1, 0.15) is 23.0 Å². The van der Waals surface area contributed by atoms with Crippen LogP contribution >= 0.6 is 0 Å². The minimum Gasteiger partial charge on any atom is -0.508 e. The molecule has 51 heavy (non-hydrogen) atoms. The maximum absolute atomic E-state index is 16.5. The Kier molecular flexibility index (Phi) is 20.1. The van der Waals surface area contributed by atoms with Crippen molar-refractivity contribution in [3.8, 4) is 17.0 Å². The molecule has 0 spiro atoms. The molecule has 1 aromatic carbocycles. The number of nitrogens with one attached hydrogen (secondary N) is 2. The first-order valence-electron chi connectivity index (χ1n) is 19.0. The maximum atomic E-state index is 16.5. The molecule has 0 radical (unpaired) electrons. The summed E-state index contributed by atoms with van der Waals surface area (Å²) in [6, 6.07) is 3.93. The van der Waals surface area contributed by atoms with Gasteiger partial charge in [-0.3, -0.25) is 15.0 Å². The van der Waals surface area contributed by atoms with E-state index in [1.165, 1.54) is 49.5 Å². The number of rotatable bonds is 14. The Morgan fingerprint density at radius 3 is 2.49 bits per heavy atom. The minimum atomic E-state index is -0.513. The third kappa shape index (κ3) is 12.4. The normalized spacial score (nSPS) is 16.5. The predicted octanol–water partition coefficient (Wildman–Crippen LogP) is 8.96. The summed E-state index contributed by atoms with van der Waals surface area (Å²) in [7, 11) is 5.80. The summed E-state index contributed by atoms with van der Waals surface area (Å²) in [5.41, 5.74) is 11.0. The summed E-state index contributed by atoms with van der Waals surface area (Å²) in [5.74, 6) is 0.711. The Morgan fingerprint density at radius 2 is 1.84 bits per heavy atom. The van der Waals surface area contributed by atoms with Gasteiger partial charge in [0.05, 0.1) is 5.56 Å². The lowest BCUT2D eigenvalue weighted by Gasteiger charge is -2.34. The van der Waals surface area contributed by atoms with Crippen LogP contribution < -0.4 is 16.4 Å². The van der Waals surface area contributed by atoms with E-state index < -0.39 is 5.82 Å². The van der Waals surface area contributed by atoms with Crippen molar-refractivity contribution >= 4 is 23.8 Å². The van der Waals surface area contributed by atoms with Gasteiger partial charge in [-0.05, 0) is 120 Å². The molecule has 0 amide bonds. The van der Waals surface area contributed by atoms with E-state index in [1.54, 1.807) is 18.3 Å². The van der Waals surface area contributed by atoms with Gasteiger partial charge < -0.3 is 26.4 Å².